The molecule has 0 saturated carbocycles. The summed E-state index contributed by atoms with van der Waals surface area (Å²) in [4.78, 5) is 22.8. The first-order valence-electron chi connectivity index (χ1n) is 6.62. The molecule has 108 valence electrons. The fraction of sp³-hybridized carbons (Fsp3) is 0.429. The second kappa shape index (κ2) is 6.47. The standard InChI is InChI=1S/C14H18FN3O2/c1-9(19)17-13-7-11(2-3-12(13)15)18-14(20)6-10-4-5-16-8-10/h2-3,7,10,16H,4-6,8H2,1H3,(H,17,19)(H,18,20). The molecule has 5 nitrogen and oxygen atoms in total. The lowest BCUT2D eigenvalue weighted by molar-refractivity contribution is -0.117. The summed E-state index contributed by atoms with van der Waals surface area (Å²) >= 11 is 0. The third-order valence-corrected chi connectivity index (χ3v) is 3.20. The Balaban J connectivity index is 1.97. The first-order valence-corrected chi connectivity index (χ1v) is 6.62. The van der Waals surface area contributed by atoms with Crippen LogP contribution >= 0.6 is 0 Å². The van der Waals surface area contributed by atoms with Crippen molar-refractivity contribution in [1.29, 1.82) is 0 Å². The number of carbonyl (C=O) groups is 2. The van der Waals surface area contributed by atoms with Crippen LogP contribution in [0.1, 0.15) is 19.8 Å². The molecule has 1 unspecified atom stereocenters. The van der Waals surface area contributed by atoms with Crippen molar-refractivity contribution in [2.45, 2.75) is 19.8 Å². The molecule has 3 N–H and O–H groups in total. The van der Waals surface area contributed by atoms with Crippen LogP contribution in [-0.2, 0) is 9.59 Å². The van der Waals surface area contributed by atoms with E-state index in [0.717, 1.165) is 19.5 Å². The fourth-order valence-electron chi connectivity index (χ4n) is 2.25. The van der Waals surface area contributed by atoms with E-state index in [-0.39, 0.29) is 17.5 Å². The van der Waals surface area contributed by atoms with Crippen LogP contribution in [0.15, 0.2) is 18.2 Å². The molecule has 1 aromatic carbocycles. The first-order chi connectivity index (χ1) is 9.54. The minimum Gasteiger partial charge on any atom is -0.326 e. The van der Waals surface area contributed by atoms with Crippen molar-refractivity contribution < 1.29 is 14.0 Å². The van der Waals surface area contributed by atoms with Gasteiger partial charge in [-0.1, -0.05) is 0 Å². The Morgan fingerprint density at radius 3 is 2.85 bits per heavy atom. The first kappa shape index (κ1) is 14.5. The number of hydrogen-bond acceptors (Lipinski definition) is 3. The maximum Gasteiger partial charge on any atom is 0.224 e. The van der Waals surface area contributed by atoms with Crippen LogP contribution in [0.4, 0.5) is 15.8 Å². The summed E-state index contributed by atoms with van der Waals surface area (Å²) in [5.41, 5.74) is 0.545. The highest BCUT2D eigenvalue weighted by atomic mass is 19.1. The van der Waals surface area contributed by atoms with Crippen LogP contribution in [0.2, 0.25) is 0 Å². The Morgan fingerprint density at radius 1 is 1.40 bits per heavy atom. The maximum atomic E-state index is 13.5. The number of nitrogens with one attached hydrogen (secondary N) is 3. The summed E-state index contributed by atoms with van der Waals surface area (Å²) in [5, 5.41) is 8.31. The van der Waals surface area contributed by atoms with Crippen LogP contribution in [0.3, 0.4) is 0 Å². The Bertz CT molecular complexity index is 513. The third-order valence-electron chi connectivity index (χ3n) is 3.20. The Kier molecular flexibility index (Phi) is 4.68. The molecule has 0 bridgehead atoms. The van der Waals surface area contributed by atoms with E-state index in [1.54, 1.807) is 0 Å². The molecular weight excluding hydrogens is 261 g/mol. The molecule has 1 aliphatic heterocycles. The quantitative estimate of drug-likeness (QED) is 0.786. The summed E-state index contributed by atoms with van der Waals surface area (Å²) in [5.74, 6) is -0.632. The SMILES string of the molecule is CC(=O)Nc1cc(NC(=O)CC2CCNC2)ccc1F. The van der Waals surface area contributed by atoms with Gasteiger partial charge in [0, 0.05) is 19.0 Å². The number of rotatable bonds is 4. The third kappa shape index (κ3) is 4.03. The molecule has 1 fully saturated rings. The highest BCUT2D eigenvalue weighted by molar-refractivity contribution is 5.93. The average molecular weight is 279 g/mol. The number of hydrogen-bond donors (Lipinski definition) is 3. The highest BCUT2D eigenvalue weighted by Gasteiger charge is 2.18. The van der Waals surface area contributed by atoms with E-state index in [0.29, 0.717) is 18.0 Å². The Hall–Kier alpha value is -1.95. The zero-order valence-corrected chi connectivity index (χ0v) is 11.3. The van der Waals surface area contributed by atoms with Gasteiger partial charge in [0.25, 0.3) is 0 Å². The molecular formula is C14H18FN3O2. The minimum atomic E-state index is -0.529. The lowest BCUT2D eigenvalue weighted by atomic mass is 10.0. The normalized spacial score (nSPS) is 17.8. The van der Waals surface area contributed by atoms with Crippen LogP contribution in [0, 0.1) is 11.7 Å². The lowest BCUT2D eigenvalue weighted by Crippen LogP contribution is -2.18. The molecule has 0 radical (unpaired) electrons. The molecule has 1 aromatic rings. The van der Waals surface area contributed by atoms with E-state index >= 15 is 0 Å². The van der Waals surface area contributed by atoms with Crippen molar-refractivity contribution in [3.8, 4) is 0 Å². The molecule has 20 heavy (non-hydrogen) atoms. The molecule has 1 atom stereocenters. The van der Waals surface area contributed by atoms with E-state index in [1.807, 2.05) is 0 Å². The van der Waals surface area contributed by atoms with E-state index in [9.17, 15) is 14.0 Å². The van der Waals surface area contributed by atoms with E-state index < -0.39 is 5.82 Å². The molecule has 0 spiro atoms. The average Bonchev–Trinajstić information content (AvgIpc) is 2.85. The second-order valence-corrected chi connectivity index (χ2v) is 4.99. The van der Waals surface area contributed by atoms with Crippen LogP contribution in [0.25, 0.3) is 0 Å². The largest absolute Gasteiger partial charge is 0.326 e. The van der Waals surface area contributed by atoms with Crippen molar-refractivity contribution in [1.82, 2.24) is 5.32 Å². The van der Waals surface area contributed by atoms with E-state index in [1.165, 1.54) is 25.1 Å². The van der Waals surface area contributed by atoms with Crippen molar-refractivity contribution in [2.24, 2.45) is 5.92 Å². The second-order valence-electron chi connectivity index (χ2n) is 4.99. The predicted molar refractivity (Wildman–Crippen MR) is 74.9 cm³/mol. The van der Waals surface area contributed by atoms with Gasteiger partial charge in [-0.3, -0.25) is 9.59 Å². The van der Waals surface area contributed by atoms with Crippen LogP contribution < -0.4 is 16.0 Å². The van der Waals surface area contributed by atoms with Gasteiger partial charge in [0.1, 0.15) is 5.82 Å². The Labute approximate surface area is 116 Å². The monoisotopic (exact) mass is 279 g/mol. The summed E-state index contributed by atoms with van der Waals surface area (Å²) in [7, 11) is 0. The van der Waals surface area contributed by atoms with Crippen molar-refractivity contribution >= 4 is 23.2 Å². The summed E-state index contributed by atoms with van der Waals surface area (Å²) in [6.07, 6.45) is 1.44. The predicted octanol–water partition coefficient (Wildman–Crippen LogP) is 1.72. The van der Waals surface area contributed by atoms with Gasteiger partial charge in [0.15, 0.2) is 0 Å². The Morgan fingerprint density at radius 2 is 2.20 bits per heavy atom. The number of amides is 2. The fourth-order valence-corrected chi connectivity index (χ4v) is 2.25. The minimum absolute atomic E-state index is 0.0674. The topological polar surface area (TPSA) is 70.2 Å². The van der Waals surface area contributed by atoms with Crippen molar-refractivity contribution in [2.75, 3.05) is 23.7 Å². The van der Waals surface area contributed by atoms with E-state index in [2.05, 4.69) is 16.0 Å². The molecule has 0 aliphatic carbocycles. The molecule has 2 amide bonds. The van der Waals surface area contributed by atoms with Gasteiger partial charge in [-0.05, 0) is 43.6 Å². The van der Waals surface area contributed by atoms with Gasteiger partial charge in [-0.25, -0.2) is 4.39 Å². The number of halogens is 1. The molecule has 6 heteroatoms. The van der Waals surface area contributed by atoms with Gasteiger partial charge >= 0.3 is 0 Å². The molecule has 2 rings (SSSR count). The zero-order valence-electron chi connectivity index (χ0n) is 11.3. The zero-order chi connectivity index (χ0) is 14.5. The summed E-state index contributed by atoms with van der Waals surface area (Å²) in [6, 6.07) is 4.12. The number of carbonyl (C=O) groups excluding carboxylic acids is 2. The molecule has 1 aliphatic rings. The maximum absolute atomic E-state index is 13.5. The smallest absolute Gasteiger partial charge is 0.224 e. The molecule has 1 heterocycles. The van der Waals surface area contributed by atoms with Gasteiger partial charge < -0.3 is 16.0 Å². The van der Waals surface area contributed by atoms with Crippen LogP contribution in [0.5, 0.6) is 0 Å². The summed E-state index contributed by atoms with van der Waals surface area (Å²) < 4.78 is 13.5. The van der Waals surface area contributed by atoms with Crippen molar-refractivity contribution in [3.05, 3.63) is 24.0 Å². The lowest BCUT2D eigenvalue weighted by Gasteiger charge is -2.11. The van der Waals surface area contributed by atoms with Gasteiger partial charge in [0.2, 0.25) is 11.8 Å². The van der Waals surface area contributed by atoms with Gasteiger partial charge in [-0.15, -0.1) is 0 Å². The summed E-state index contributed by atoms with van der Waals surface area (Å²) in [6.45, 7) is 3.10. The van der Waals surface area contributed by atoms with Gasteiger partial charge in [-0.2, -0.15) is 0 Å². The number of benzene rings is 1. The van der Waals surface area contributed by atoms with Gasteiger partial charge in [0.05, 0.1) is 5.69 Å². The highest BCUT2D eigenvalue weighted by Crippen LogP contribution is 2.20. The molecule has 0 aromatic heterocycles. The molecule has 1 saturated heterocycles. The number of anilines is 2. The van der Waals surface area contributed by atoms with Crippen LogP contribution in [-0.4, -0.2) is 24.9 Å². The van der Waals surface area contributed by atoms with Crippen molar-refractivity contribution in [3.63, 3.8) is 0 Å². The van der Waals surface area contributed by atoms with E-state index in [4.69, 9.17) is 0 Å².